The molecule has 4 aromatic rings. The molecule has 0 saturated carbocycles. The van der Waals surface area contributed by atoms with Gasteiger partial charge in [0, 0.05) is 6.42 Å². The van der Waals surface area contributed by atoms with Crippen molar-refractivity contribution in [3.8, 4) is 34.2 Å². The molecule has 192 valence electrons. The number of unbranched alkanes of at least 4 members (excludes halogenated alkanes) is 1. The van der Waals surface area contributed by atoms with Gasteiger partial charge in [0.25, 0.3) is 5.56 Å². The van der Waals surface area contributed by atoms with Crippen LogP contribution < -0.4 is 15.0 Å². The van der Waals surface area contributed by atoms with E-state index in [1.165, 1.54) is 26.4 Å². The number of nitrogens with zero attached hydrogens (tertiary/aromatic N) is 2. The average molecular weight is 521 g/mol. The monoisotopic (exact) mass is 520 g/mol. The van der Waals surface area contributed by atoms with Crippen LogP contribution >= 0.6 is 0 Å². The van der Waals surface area contributed by atoms with E-state index in [0.717, 1.165) is 22.1 Å². The largest absolute Gasteiger partial charge is 0.494 e. The summed E-state index contributed by atoms with van der Waals surface area (Å²) in [7, 11) is -1.56. The van der Waals surface area contributed by atoms with Crippen molar-refractivity contribution in [1.82, 2.24) is 9.55 Å². The molecular formula is C28H28N2O6S. The molecule has 0 aliphatic carbocycles. The summed E-state index contributed by atoms with van der Waals surface area (Å²) in [5.74, 6) is -0.0524. The number of hydrogen-bond acceptors (Lipinski definition) is 7. The summed E-state index contributed by atoms with van der Waals surface area (Å²) in [5, 5.41) is 10.8. The molecule has 0 aliphatic heterocycles. The van der Waals surface area contributed by atoms with E-state index in [2.05, 4.69) is 4.98 Å². The molecule has 0 saturated heterocycles. The number of aromatic hydroxyl groups is 1. The SMILES string of the molecule is CCCCc1nc(O)c(S(=O)(=O)c2ccc(-c3ccccc3)cc2)c(=O)n1-c1c(OC)cccc1OC. The zero-order valence-electron chi connectivity index (χ0n) is 20.8. The van der Waals surface area contributed by atoms with Crippen molar-refractivity contribution >= 4 is 9.84 Å². The number of ether oxygens (including phenoxy) is 2. The van der Waals surface area contributed by atoms with E-state index in [1.54, 1.807) is 30.3 Å². The molecule has 0 aliphatic rings. The Morgan fingerprint density at radius 1 is 0.865 bits per heavy atom. The Hall–Kier alpha value is -4.11. The minimum Gasteiger partial charge on any atom is -0.494 e. The third kappa shape index (κ3) is 4.95. The Kier molecular flexibility index (Phi) is 7.63. The van der Waals surface area contributed by atoms with Gasteiger partial charge < -0.3 is 14.6 Å². The van der Waals surface area contributed by atoms with E-state index in [1.807, 2.05) is 37.3 Å². The van der Waals surface area contributed by atoms with E-state index in [0.29, 0.717) is 24.3 Å². The minimum absolute atomic E-state index is 0.138. The minimum atomic E-state index is -4.43. The highest BCUT2D eigenvalue weighted by molar-refractivity contribution is 7.91. The Bertz CT molecular complexity index is 1540. The summed E-state index contributed by atoms with van der Waals surface area (Å²) in [5.41, 5.74) is 1.01. The third-order valence-corrected chi connectivity index (χ3v) is 7.80. The molecule has 0 unspecified atom stereocenters. The van der Waals surface area contributed by atoms with Gasteiger partial charge in [0.1, 0.15) is 23.0 Å². The van der Waals surface area contributed by atoms with Gasteiger partial charge in [-0.15, -0.1) is 0 Å². The zero-order chi connectivity index (χ0) is 26.6. The summed E-state index contributed by atoms with van der Waals surface area (Å²) in [6, 6.07) is 20.6. The Balaban J connectivity index is 1.94. The first-order chi connectivity index (χ1) is 17.8. The number of benzene rings is 3. The summed E-state index contributed by atoms with van der Waals surface area (Å²) in [4.78, 5) is 17.1. The topological polar surface area (TPSA) is 108 Å². The fraction of sp³-hybridized carbons (Fsp3) is 0.214. The summed E-state index contributed by atoms with van der Waals surface area (Å²) in [6.45, 7) is 1.98. The Morgan fingerprint density at radius 2 is 1.46 bits per heavy atom. The van der Waals surface area contributed by atoms with Gasteiger partial charge in [-0.05, 0) is 41.8 Å². The molecule has 0 spiro atoms. The first-order valence-electron chi connectivity index (χ1n) is 11.8. The standard InChI is InChI=1S/C28H28N2O6S/c1-4-5-14-24-29-27(31)26(28(32)30(24)25-22(35-2)12-9-13-23(25)36-3)37(33,34)21-17-15-20(16-18-21)19-10-7-6-8-11-19/h6-13,15-18,31H,4-5,14H2,1-3H3. The molecule has 8 nitrogen and oxygen atoms in total. The van der Waals surface area contributed by atoms with E-state index in [-0.39, 0.29) is 16.4 Å². The van der Waals surface area contributed by atoms with E-state index >= 15 is 0 Å². The molecule has 0 radical (unpaired) electrons. The molecule has 9 heteroatoms. The highest BCUT2D eigenvalue weighted by atomic mass is 32.2. The molecule has 37 heavy (non-hydrogen) atoms. The summed E-state index contributed by atoms with van der Waals surface area (Å²) < 4.78 is 39.4. The lowest BCUT2D eigenvalue weighted by atomic mass is 10.1. The van der Waals surface area contributed by atoms with Crippen LogP contribution in [0.5, 0.6) is 17.4 Å². The number of hydrogen-bond donors (Lipinski definition) is 1. The molecule has 0 atom stereocenters. The number of aromatic nitrogens is 2. The number of sulfone groups is 1. The lowest BCUT2D eigenvalue weighted by Gasteiger charge is -2.19. The molecule has 3 aromatic carbocycles. The predicted octanol–water partition coefficient (Wildman–Crippen LogP) is 4.80. The van der Waals surface area contributed by atoms with Crippen molar-refractivity contribution < 1.29 is 23.0 Å². The van der Waals surface area contributed by atoms with Gasteiger partial charge in [-0.3, -0.25) is 9.36 Å². The van der Waals surface area contributed by atoms with Crippen LogP contribution in [-0.4, -0.2) is 37.3 Å². The van der Waals surface area contributed by atoms with E-state index < -0.39 is 26.2 Å². The van der Waals surface area contributed by atoms with Crippen molar-refractivity contribution in [3.63, 3.8) is 0 Å². The lowest BCUT2D eigenvalue weighted by molar-refractivity contribution is 0.386. The molecule has 1 heterocycles. The van der Waals surface area contributed by atoms with Crippen molar-refractivity contribution in [3.05, 3.63) is 89.0 Å². The van der Waals surface area contributed by atoms with Crippen molar-refractivity contribution in [1.29, 1.82) is 0 Å². The fourth-order valence-corrected chi connectivity index (χ4v) is 5.47. The summed E-state index contributed by atoms with van der Waals surface area (Å²) in [6.07, 6.45) is 1.79. The average Bonchev–Trinajstić information content (AvgIpc) is 2.92. The smallest absolute Gasteiger partial charge is 0.281 e. The molecule has 0 fully saturated rings. The van der Waals surface area contributed by atoms with Crippen LogP contribution in [0.25, 0.3) is 16.8 Å². The van der Waals surface area contributed by atoms with E-state index in [4.69, 9.17) is 9.47 Å². The zero-order valence-corrected chi connectivity index (χ0v) is 21.7. The second-order valence-electron chi connectivity index (χ2n) is 8.33. The highest BCUT2D eigenvalue weighted by Gasteiger charge is 2.31. The number of aryl methyl sites for hydroxylation is 1. The van der Waals surface area contributed by atoms with Crippen LogP contribution in [0.4, 0.5) is 0 Å². The summed E-state index contributed by atoms with van der Waals surface area (Å²) >= 11 is 0. The van der Waals surface area contributed by atoms with Gasteiger partial charge >= 0.3 is 0 Å². The number of para-hydroxylation sites is 1. The second-order valence-corrected chi connectivity index (χ2v) is 10.2. The van der Waals surface area contributed by atoms with Crippen molar-refractivity contribution in [2.45, 2.75) is 36.0 Å². The molecule has 0 bridgehead atoms. The van der Waals surface area contributed by atoms with E-state index in [9.17, 15) is 18.3 Å². The van der Waals surface area contributed by atoms with Crippen molar-refractivity contribution in [2.24, 2.45) is 0 Å². The van der Waals surface area contributed by atoms with Gasteiger partial charge in [-0.2, -0.15) is 4.98 Å². The van der Waals surface area contributed by atoms with Gasteiger partial charge in [-0.25, -0.2) is 8.42 Å². The highest BCUT2D eigenvalue weighted by Crippen LogP contribution is 2.34. The first-order valence-corrected chi connectivity index (χ1v) is 13.3. The molecule has 0 amide bonds. The predicted molar refractivity (Wildman–Crippen MR) is 141 cm³/mol. The van der Waals surface area contributed by atoms with Crippen LogP contribution in [-0.2, 0) is 16.3 Å². The molecule has 1 aromatic heterocycles. The number of rotatable bonds is 9. The van der Waals surface area contributed by atoms with Crippen LogP contribution in [0.15, 0.2) is 87.4 Å². The van der Waals surface area contributed by atoms with Crippen LogP contribution in [0.1, 0.15) is 25.6 Å². The molecule has 4 rings (SSSR count). The van der Waals surface area contributed by atoms with Crippen LogP contribution in [0.3, 0.4) is 0 Å². The van der Waals surface area contributed by atoms with Crippen LogP contribution in [0.2, 0.25) is 0 Å². The number of methoxy groups -OCH3 is 2. The third-order valence-electron chi connectivity index (χ3n) is 6.01. The van der Waals surface area contributed by atoms with Gasteiger partial charge in [-0.1, -0.05) is 61.9 Å². The second kappa shape index (κ2) is 10.9. The van der Waals surface area contributed by atoms with Gasteiger partial charge in [0.05, 0.1) is 19.1 Å². The normalized spacial score (nSPS) is 11.3. The Morgan fingerprint density at radius 3 is 2.03 bits per heavy atom. The van der Waals surface area contributed by atoms with Gasteiger partial charge in [0.2, 0.25) is 15.7 Å². The maximum Gasteiger partial charge on any atom is 0.281 e. The molecule has 1 N–H and O–H groups in total. The maximum absolute atomic E-state index is 13.9. The quantitative estimate of drug-likeness (QED) is 0.338. The van der Waals surface area contributed by atoms with Gasteiger partial charge in [0.15, 0.2) is 4.90 Å². The lowest BCUT2D eigenvalue weighted by Crippen LogP contribution is -2.29. The fourth-order valence-electron chi connectivity index (χ4n) is 4.13. The molecular weight excluding hydrogens is 492 g/mol. The Labute approximate surface area is 215 Å². The maximum atomic E-state index is 13.9. The first kappa shape index (κ1) is 26.0. The van der Waals surface area contributed by atoms with Crippen LogP contribution in [0, 0.1) is 0 Å². The van der Waals surface area contributed by atoms with Crippen molar-refractivity contribution in [2.75, 3.05) is 14.2 Å².